The summed E-state index contributed by atoms with van der Waals surface area (Å²) >= 11 is 0. The minimum atomic E-state index is -2.19. The monoisotopic (exact) mass is 246 g/mol. The first-order valence-electron chi connectivity index (χ1n) is 6.12. The lowest BCUT2D eigenvalue weighted by Crippen LogP contribution is -2.44. The Morgan fingerprint density at radius 3 is 2.07 bits per heavy atom. The van der Waals surface area contributed by atoms with Gasteiger partial charge in [-0.3, -0.25) is 4.57 Å². The van der Waals surface area contributed by atoms with Crippen LogP contribution in [0.25, 0.3) is 0 Å². The molecule has 4 heteroatoms. The molecule has 88 valence electrons. The SMILES string of the molecule is C[Si](C)(C)OP1(=O)CC2(CCCCC2)C1. The minimum Gasteiger partial charge on any atom is -0.370 e. The standard InChI is InChI=1S/C11H23O2PSi/c1-15(2,3)13-14(12)9-11(10-14)7-5-4-6-8-11/h4-10H2,1-3H3. The summed E-state index contributed by atoms with van der Waals surface area (Å²) in [4.78, 5) is 0. The van der Waals surface area contributed by atoms with Crippen LogP contribution in [0, 0.1) is 5.41 Å². The Bertz CT molecular complexity index is 277. The predicted molar refractivity (Wildman–Crippen MR) is 67.3 cm³/mol. The first-order valence-corrected chi connectivity index (χ1v) is 11.5. The van der Waals surface area contributed by atoms with Crippen molar-refractivity contribution < 1.29 is 8.78 Å². The summed E-state index contributed by atoms with van der Waals surface area (Å²) in [6.45, 7) is 6.41. The molecule has 1 saturated heterocycles. The predicted octanol–water partition coefficient (Wildman–Crippen LogP) is 4.08. The van der Waals surface area contributed by atoms with E-state index in [0.29, 0.717) is 5.41 Å². The van der Waals surface area contributed by atoms with E-state index < -0.39 is 15.7 Å². The van der Waals surface area contributed by atoms with Gasteiger partial charge in [0, 0.05) is 12.3 Å². The summed E-state index contributed by atoms with van der Waals surface area (Å²) in [5.74, 6) is 0. The minimum absolute atomic E-state index is 0.438. The molecule has 0 aromatic heterocycles. The first-order chi connectivity index (χ1) is 6.83. The molecule has 0 aromatic rings. The molecule has 2 aliphatic rings. The highest BCUT2D eigenvalue weighted by molar-refractivity contribution is 7.62. The highest BCUT2D eigenvalue weighted by Crippen LogP contribution is 2.69. The summed E-state index contributed by atoms with van der Waals surface area (Å²) in [5, 5.41) is 0. The van der Waals surface area contributed by atoms with Gasteiger partial charge in [-0.15, -0.1) is 0 Å². The molecule has 2 nitrogen and oxygen atoms in total. The quantitative estimate of drug-likeness (QED) is 0.542. The molecule has 1 saturated carbocycles. The van der Waals surface area contributed by atoms with Crippen molar-refractivity contribution in [2.24, 2.45) is 5.41 Å². The second kappa shape index (κ2) is 3.71. The van der Waals surface area contributed by atoms with Gasteiger partial charge >= 0.3 is 0 Å². The highest BCUT2D eigenvalue weighted by atomic mass is 31.2. The first kappa shape index (κ1) is 11.9. The van der Waals surface area contributed by atoms with Gasteiger partial charge in [-0.1, -0.05) is 19.3 Å². The lowest BCUT2D eigenvalue weighted by atomic mass is 9.76. The smallest absolute Gasteiger partial charge is 0.194 e. The van der Waals surface area contributed by atoms with Crippen molar-refractivity contribution in [3.8, 4) is 0 Å². The molecule has 0 bridgehead atoms. The average molecular weight is 246 g/mol. The van der Waals surface area contributed by atoms with Gasteiger partial charge in [0.25, 0.3) is 0 Å². The van der Waals surface area contributed by atoms with E-state index in [1.807, 2.05) is 0 Å². The summed E-state index contributed by atoms with van der Waals surface area (Å²) in [6, 6.07) is 0. The van der Waals surface area contributed by atoms with Crippen LogP contribution in [0.5, 0.6) is 0 Å². The Kier molecular flexibility index (Phi) is 2.94. The lowest BCUT2D eigenvalue weighted by molar-refractivity contribution is 0.209. The largest absolute Gasteiger partial charge is 0.370 e. The Morgan fingerprint density at radius 1 is 1.07 bits per heavy atom. The number of hydrogen-bond acceptors (Lipinski definition) is 2. The average Bonchev–Trinajstić information content (AvgIpc) is 1.98. The van der Waals surface area contributed by atoms with E-state index in [9.17, 15) is 4.57 Å². The lowest BCUT2D eigenvalue weighted by Gasteiger charge is -2.50. The molecule has 2 fully saturated rings. The van der Waals surface area contributed by atoms with Crippen LogP contribution in [0.1, 0.15) is 32.1 Å². The van der Waals surface area contributed by atoms with Crippen LogP contribution < -0.4 is 0 Å². The van der Waals surface area contributed by atoms with Crippen molar-refractivity contribution in [2.45, 2.75) is 51.7 Å². The van der Waals surface area contributed by atoms with Gasteiger partial charge in [-0.2, -0.15) is 0 Å². The molecule has 0 radical (unpaired) electrons. The zero-order valence-electron chi connectivity index (χ0n) is 10.2. The second-order valence-corrected chi connectivity index (χ2v) is 13.6. The van der Waals surface area contributed by atoms with E-state index in [1.54, 1.807) is 0 Å². The van der Waals surface area contributed by atoms with E-state index in [0.717, 1.165) is 12.3 Å². The van der Waals surface area contributed by atoms with E-state index in [-0.39, 0.29) is 0 Å². The van der Waals surface area contributed by atoms with E-state index >= 15 is 0 Å². The third kappa shape index (κ3) is 2.75. The van der Waals surface area contributed by atoms with Crippen LogP contribution in [0.2, 0.25) is 19.6 Å². The summed E-state index contributed by atoms with van der Waals surface area (Å²) in [5.41, 5.74) is 0.438. The molecule has 1 spiro atoms. The molecule has 0 atom stereocenters. The fourth-order valence-electron chi connectivity index (χ4n) is 3.16. The molecule has 2 rings (SSSR count). The number of rotatable bonds is 2. The maximum atomic E-state index is 12.4. The van der Waals surface area contributed by atoms with Crippen LogP contribution in [0.3, 0.4) is 0 Å². The Morgan fingerprint density at radius 2 is 1.60 bits per heavy atom. The van der Waals surface area contributed by atoms with Crippen LogP contribution in [-0.4, -0.2) is 20.6 Å². The van der Waals surface area contributed by atoms with Crippen molar-refractivity contribution in [2.75, 3.05) is 12.3 Å². The van der Waals surface area contributed by atoms with Crippen LogP contribution in [0.15, 0.2) is 0 Å². The van der Waals surface area contributed by atoms with Crippen LogP contribution in [0.4, 0.5) is 0 Å². The van der Waals surface area contributed by atoms with Crippen LogP contribution in [-0.2, 0) is 8.78 Å². The molecule has 1 aliphatic heterocycles. The Balaban J connectivity index is 1.93. The summed E-state index contributed by atoms with van der Waals surface area (Å²) in [6.07, 6.45) is 8.44. The van der Waals surface area contributed by atoms with E-state index in [4.69, 9.17) is 4.21 Å². The molecule has 0 aromatic carbocycles. The topological polar surface area (TPSA) is 26.3 Å². The van der Waals surface area contributed by atoms with Gasteiger partial charge in [0.1, 0.15) is 0 Å². The van der Waals surface area contributed by atoms with Gasteiger partial charge in [-0.25, -0.2) is 0 Å². The molecule has 15 heavy (non-hydrogen) atoms. The molecular formula is C11H23O2PSi. The van der Waals surface area contributed by atoms with Crippen molar-refractivity contribution in [1.82, 2.24) is 0 Å². The zero-order valence-corrected chi connectivity index (χ0v) is 12.1. The zero-order chi connectivity index (χ0) is 11.2. The molecule has 0 unspecified atom stereocenters. The van der Waals surface area contributed by atoms with E-state index in [1.165, 1.54) is 32.1 Å². The third-order valence-electron chi connectivity index (χ3n) is 3.51. The maximum Gasteiger partial charge on any atom is 0.194 e. The third-order valence-corrected chi connectivity index (χ3v) is 9.33. The van der Waals surface area contributed by atoms with Gasteiger partial charge in [0.05, 0.1) is 0 Å². The Labute approximate surface area is 94.4 Å². The summed E-state index contributed by atoms with van der Waals surface area (Å²) < 4.78 is 18.3. The fourth-order valence-corrected chi connectivity index (χ4v) is 10.3. The van der Waals surface area contributed by atoms with Crippen LogP contribution >= 0.6 is 7.37 Å². The highest BCUT2D eigenvalue weighted by Gasteiger charge is 2.53. The van der Waals surface area contributed by atoms with E-state index in [2.05, 4.69) is 19.6 Å². The van der Waals surface area contributed by atoms with Crippen molar-refractivity contribution >= 4 is 15.7 Å². The van der Waals surface area contributed by atoms with Gasteiger partial charge in [0.2, 0.25) is 0 Å². The van der Waals surface area contributed by atoms with Crippen molar-refractivity contribution in [3.05, 3.63) is 0 Å². The number of hydrogen-bond donors (Lipinski definition) is 0. The van der Waals surface area contributed by atoms with Crippen molar-refractivity contribution in [3.63, 3.8) is 0 Å². The summed E-state index contributed by atoms with van der Waals surface area (Å²) in [7, 11) is -3.79. The second-order valence-electron chi connectivity index (χ2n) is 6.40. The van der Waals surface area contributed by atoms with Gasteiger partial charge < -0.3 is 4.21 Å². The molecule has 0 N–H and O–H groups in total. The maximum absolute atomic E-state index is 12.4. The van der Waals surface area contributed by atoms with Gasteiger partial charge in [0.15, 0.2) is 15.7 Å². The Hall–Kier alpha value is 0.407. The molecule has 1 aliphatic carbocycles. The molecule has 0 amide bonds. The molecule has 1 heterocycles. The van der Waals surface area contributed by atoms with Gasteiger partial charge in [-0.05, 0) is 37.9 Å². The van der Waals surface area contributed by atoms with Crippen molar-refractivity contribution in [1.29, 1.82) is 0 Å². The fraction of sp³-hybridized carbons (Fsp3) is 1.00. The normalized spacial score (nSPS) is 28.7. The molecular weight excluding hydrogens is 223 g/mol.